The maximum absolute atomic E-state index is 13.7. The SMILES string of the molecule is CC(C)(C)OC(=O)NCC=Cc1cccc(C2(C(=O)O[C@H]3CN4CCC3CC4)CCCCC2)c1. The topological polar surface area (TPSA) is 67.9 Å². The van der Waals surface area contributed by atoms with Gasteiger partial charge in [-0.2, -0.15) is 0 Å². The van der Waals surface area contributed by atoms with E-state index in [0.29, 0.717) is 12.5 Å². The number of ether oxygens (including phenoxy) is 2. The predicted octanol–water partition coefficient (Wildman–Crippen LogP) is 5.06. The molecule has 1 aliphatic carbocycles. The number of fused-ring (bicyclic) bond motifs is 3. The van der Waals surface area contributed by atoms with E-state index in [0.717, 1.165) is 69.3 Å². The summed E-state index contributed by atoms with van der Waals surface area (Å²) in [6.45, 7) is 9.08. The maximum atomic E-state index is 13.7. The zero-order valence-electron chi connectivity index (χ0n) is 21.0. The minimum atomic E-state index is -0.553. The lowest BCUT2D eigenvalue weighted by atomic mass is 9.69. The van der Waals surface area contributed by atoms with Gasteiger partial charge in [0, 0.05) is 13.1 Å². The van der Waals surface area contributed by atoms with Gasteiger partial charge in [0.25, 0.3) is 0 Å². The number of rotatable bonds is 6. The van der Waals surface area contributed by atoms with Crippen molar-refractivity contribution >= 4 is 18.1 Å². The van der Waals surface area contributed by atoms with Gasteiger partial charge in [-0.25, -0.2) is 4.79 Å². The quantitative estimate of drug-likeness (QED) is 0.591. The van der Waals surface area contributed by atoms with Crippen LogP contribution in [0.5, 0.6) is 0 Å². The number of carbonyl (C=O) groups is 2. The molecule has 1 aromatic rings. The van der Waals surface area contributed by atoms with E-state index in [2.05, 4.69) is 22.3 Å². The van der Waals surface area contributed by atoms with E-state index in [9.17, 15) is 9.59 Å². The molecule has 6 nitrogen and oxygen atoms in total. The van der Waals surface area contributed by atoms with Crippen LogP contribution in [0, 0.1) is 5.92 Å². The Labute approximate surface area is 204 Å². The summed E-state index contributed by atoms with van der Waals surface area (Å²) < 4.78 is 11.5. The van der Waals surface area contributed by atoms with E-state index in [4.69, 9.17) is 9.47 Å². The van der Waals surface area contributed by atoms with Crippen molar-refractivity contribution in [2.75, 3.05) is 26.2 Å². The number of alkyl carbamates (subject to hydrolysis) is 1. The average Bonchev–Trinajstić information content (AvgIpc) is 2.82. The standard InChI is InChI=1S/C28H40N2O4/c1-27(2,3)34-26(32)29-16-8-10-21-9-7-11-23(19-21)28(14-5-4-6-15-28)25(31)33-24-20-30-17-12-22(24)13-18-30/h7-11,19,22,24H,4-6,12-18,20H2,1-3H3,(H,29,32)/t24-/m0/s1. The van der Waals surface area contributed by atoms with Gasteiger partial charge in [0.1, 0.15) is 11.7 Å². The largest absolute Gasteiger partial charge is 0.460 e. The van der Waals surface area contributed by atoms with Crippen molar-refractivity contribution in [2.45, 2.75) is 82.8 Å². The van der Waals surface area contributed by atoms with Crippen LogP contribution in [0.2, 0.25) is 0 Å². The van der Waals surface area contributed by atoms with Crippen molar-refractivity contribution in [3.8, 4) is 0 Å². The Balaban J connectivity index is 1.44. The number of hydrogen-bond acceptors (Lipinski definition) is 5. The summed E-state index contributed by atoms with van der Waals surface area (Å²) in [5.74, 6) is 0.486. The molecule has 2 bridgehead atoms. The number of esters is 1. The van der Waals surface area contributed by atoms with Gasteiger partial charge in [0.15, 0.2) is 0 Å². The van der Waals surface area contributed by atoms with Gasteiger partial charge in [-0.15, -0.1) is 0 Å². The summed E-state index contributed by atoms with van der Waals surface area (Å²) in [5, 5.41) is 2.75. The lowest BCUT2D eigenvalue weighted by Crippen LogP contribution is -2.53. The highest BCUT2D eigenvalue weighted by atomic mass is 16.6. The summed E-state index contributed by atoms with van der Waals surface area (Å²) in [7, 11) is 0. The van der Waals surface area contributed by atoms with Crippen molar-refractivity contribution < 1.29 is 19.1 Å². The van der Waals surface area contributed by atoms with Crippen LogP contribution in [0.1, 0.15) is 76.8 Å². The summed E-state index contributed by atoms with van der Waals surface area (Å²) in [5.41, 5.74) is 1.01. The lowest BCUT2D eigenvalue weighted by molar-refractivity contribution is -0.167. The van der Waals surface area contributed by atoms with E-state index in [-0.39, 0.29) is 12.1 Å². The van der Waals surface area contributed by atoms with Crippen LogP contribution in [-0.4, -0.2) is 54.8 Å². The van der Waals surface area contributed by atoms with Crippen LogP contribution in [0.15, 0.2) is 30.3 Å². The van der Waals surface area contributed by atoms with Crippen molar-refractivity contribution in [1.82, 2.24) is 10.2 Å². The Hall–Kier alpha value is -2.34. The first-order chi connectivity index (χ1) is 16.2. The Morgan fingerprint density at radius 2 is 1.88 bits per heavy atom. The second-order valence-corrected chi connectivity index (χ2v) is 11.1. The molecule has 4 fully saturated rings. The molecular weight excluding hydrogens is 428 g/mol. The number of nitrogens with one attached hydrogen (secondary N) is 1. The zero-order chi connectivity index (χ0) is 24.2. The summed E-state index contributed by atoms with van der Waals surface area (Å²) in [4.78, 5) is 28.0. The van der Waals surface area contributed by atoms with Gasteiger partial charge in [-0.05, 0) is 76.6 Å². The molecule has 0 radical (unpaired) electrons. The minimum Gasteiger partial charge on any atom is -0.460 e. The van der Waals surface area contributed by atoms with Gasteiger partial charge in [0.2, 0.25) is 0 Å². The first-order valence-corrected chi connectivity index (χ1v) is 12.9. The van der Waals surface area contributed by atoms with Crippen molar-refractivity contribution in [1.29, 1.82) is 0 Å². The normalized spacial score (nSPS) is 26.3. The molecule has 6 heteroatoms. The molecule has 0 aromatic heterocycles. The molecule has 34 heavy (non-hydrogen) atoms. The molecule has 1 amide bonds. The summed E-state index contributed by atoms with van der Waals surface area (Å²) in [6, 6.07) is 8.25. The molecular formula is C28H40N2O4. The van der Waals surface area contributed by atoms with Crippen molar-refractivity contribution in [3.63, 3.8) is 0 Å². The fourth-order valence-electron chi connectivity index (χ4n) is 5.65. The molecule has 0 spiro atoms. The Morgan fingerprint density at radius 3 is 2.53 bits per heavy atom. The van der Waals surface area contributed by atoms with E-state index in [1.807, 2.05) is 45.1 Å². The number of piperidine rings is 3. The van der Waals surface area contributed by atoms with Crippen LogP contribution in [-0.2, 0) is 19.7 Å². The molecule has 1 atom stereocenters. The average molecular weight is 469 g/mol. The monoisotopic (exact) mass is 468 g/mol. The van der Waals surface area contributed by atoms with E-state index in [1.54, 1.807) is 0 Å². The molecule has 1 aromatic carbocycles. The maximum Gasteiger partial charge on any atom is 0.407 e. The molecule has 3 aliphatic heterocycles. The van der Waals surface area contributed by atoms with Crippen LogP contribution in [0.4, 0.5) is 4.79 Å². The third kappa shape index (κ3) is 6.01. The second-order valence-electron chi connectivity index (χ2n) is 11.1. The Morgan fingerprint density at radius 1 is 1.15 bits per heavy atom. The van der Waals surface area contributed by atoms with Crippen LogP contribution in [0.25, 0.3) is 6.08 Å². The van der Waals surface area contributed by atoms with Gasteiger partial charge in [-0.3, -0.25) is 9.69 Å². The number of amides is 1. The Kier molecular flexibility index (Phi) is 7.66. The van der Waals surface area contributed by atoms with Crippen molar-refractivity contribution in [2.24, 2.45) is 5.92 Å². The fraction of sp³-hybridized carbons (Fsp3) is 0.643. The molecule has 4 aliphatic rings. The molecule has 3 saturated heterocycles. The fourth-order valence-corrected chi connectivity index (χ4v) is 5.65. The van der Waals surface area contributed by atoms with Gasteiger partial charge in [0.05, 0.1) is 5.41 Å². The van der Waals surface area contributed by atoms with E-state index in [1.165, 1.54) is 6.42 Å². The summed E-state index contributed by atoms with van der Waals surface area (Å²) in [6.07, 6.45) is 10.7. The number of nitrogens with zero attached hydrogens (tertiary/aromatic N) is 1. The molecule has 5 rings (SSSR count). The number of hydrogen-bond donors (Lipinski definition) is 1. The van der Waals surface area contributed by atoms with E-state index >= 15 is 0 Å². The Bertz CT molecular complexity index is 890. The highest BCUT2D eigenvalue weighted by molar-refractivity contribution is 5.84. The van der Waals surface area contributed by atoms with Gasteiger partial charge in [-0.1, -0.05) is 55.7 Å². The first kappa shape index (κ1) is 24.8. The first-order valence-electron chi connectivity index (χ1n) is 12.9. The number of benzene rings is 1. The molecule has 0 unspecified atom stereocenters. The highest BCUT2D eigenvalue weighted by Crippen LogP contribution is 2.42. The van der Waals surface area contributed by atoms with Gasteiger partial charge < -0.3 is 14.8 Å². The molecule has 1 N–H and O–H groups in total. The second kappa shape index (κ2) is 10.5. The smallest absolute Gasteiger partial charge is 0.407 e. The lowest BCUT2D eigenvalue weighted by Gasteiger charge is -2.45. The third-order valence-corrected chi connectivity index (χ3v) is 7.47. The van der Waals surface area contributed by atoms with Crippen LogP contribution >= 0.6 is 0 Å². The predicted molar refractivity (Wildman–Crippen MR) is 134 cm³/mol. The molecule has 186 valence electrons. The van der Waals surface area contributed by atoms with Crippen molar-refractivity contribution in [3.05, 3.63) is 41.5 Å². The molecule has 1 saturated carbocycles. The summed E-state index contributed by atoms with van der Waals surface area (Å²) >= 11 is 0. The zero-order valence-corrected chi connectivity index (χ0v) is 21.0. The highest BCUT2D eigenvalue weighted by Gasteiger charge is 2.45. The van der Waals surface area contributed by atoms with Crippen LogP contribution < -0.4 is 5.32 Å². The van der Waals surface area contributed by atoms with E-state index < -0.39 is 17.1 Å². The third-order valence-electron chi connectivity index (χ3n) is 7.47. The minimum absolute atomic E-state index is 0.0290. The number of carbonyl (C=O) groups excluding carboxylic acids is 2. The van der Waals surface area contributed by atoms with Gasteiger partial charge >= 0.3 is 12.1 Å². The molecule has 3 heterocycles. The van der Waals surface area contributed by atoms with Crippen LogP contribution in [0.3, 0.4) is 0 Å².